The van der Waals surface area contributed by atoms with Crippen molar-refractivity contribution in [1.29, 1.82) is 0 Å². The minimum atomic E-state index is -3.19. The van der Waals surface area contributed by atoms with Crippen LogP contribution in [-0.2, 0) is 16.4 Å². The Labute approximate surface area is 106 Å². The second-order valence-electron chi connectivity index (χ2n) is 4.37. The quantitative estimate of drug-likeness (QED) is 0.818. The zero-order valence-electron chi connectivity index (χ0n) is 9.94. The maximum absolute atomic E-state index is 11.7. The van der Waals surface area contributed by atoms with Gasteiger partial charge in [0.15, 0.2) is 0 Å². The van der Waals surface area contributed by atoms with Gasteiger partial charge in [0.05, 0.1) is 18.3 Å². The Bertz CT molecular complexity index is 677. The van der Waals surface area contributed by atoms with Gasteiger partial charge in [-0.15, -0.1) is 0 Å². The highest BCUT2D eigenvalue weighted by atomic mass is 32.2. The van der Waals surface area contributed by atoms with Gasteiger partial charge in [-0.3, -0.25) is 4.31 Å². The summed E-state index contributed by atoms with van der Waals surface area (Å²) in [6.45, 7) is 0.529. The molecule has 0 fully saturated rings. The van der Waals surface area contributed by atoms with Crippen molar-refractivity contribution in [2.24, 2.45) is 0 Å². The summed E-state index contributed by atoms with van der Waals surface area (Å²) in [6.07, 6.45) is 7.24. The number of hydrogen-bond donors (Lipinski definition) is 0. The van der Waals surface area contributed by atoms with Crippen molar-refractivity contribution in [3.05, 3.63) is 42.5 Å². The largest absolute Gasteiger partial charge is 0.306 e. The summed E-state index contributed by atoms with van der Waals surface area (Å²) < 4.78 is 26.7. The van der Waals surface area contributed by atoms with Gasteiger partial charge in [-0.2, -0.15) is 0 Å². The standard InChI is InChI=1S/C12H13N3O2S/c1-18(16,17)15-6-4-10-2-3-11(8-12(10)15)14-7-5-13-9-14/h2-3,5,7-9H,4,6H2,1H3. The zero-order valence-corrected chi connectivity index (χ0v) is 10.8. The molecule has 5 nitrogen and oxygen atoms in total. The molecule has 0 radical (unpaired) electrons. The van der Waals surface area contributed by atoms with Gasteiger partial charge in [0.2, 0.25) is 10.0 Å². The van der Waals surface area contributed by atoms with E-state index in [9.17, 15) is 8.42 Å². The Morgan fingerprint density at radius 2 is 2.17 bits per heavy atom. The molecule has 1 aromatic carbocycles. The zero-order chi connectivity index (χ0) is 12.8. The highest BCUT2D eigenvalue weighted by Gasteiger charge is 2.26. The minimum Gasteiger partial charge on any atom is -0.306 e. The Morgan fingerprint density at radius 1 is 1.33 bits per heavy atom. The Morgan fingerprint density at radius 3 is 2.83 bits per heavy atom. The summed E-state index contributed by atoms with van der Waals surface area (Å²) in [5, 5.41) is 0. The lowest BCUT2D eigenvalue weighted by molar-refractivity contribution is 0.598. The van der Waals surface area contributed by atoms with Crippen LogP contribution in [0.25, 0.3) is 5.69 Å². The molecule has 6 heteroatoms. The van der Waals surface area contributed by atoms with E-state index in [1.807, 2.05) is 29.0 Å². The summed E-state index contributed by atoms with van der Waals surface area (Å²) in [4.78, 5) is 3.99. The predicted molar refractivity (Wildman–Crippen MR) is 69.5 cm³/mol. The van der Waals surface area contributed by atoms with Crippen molar-refractivity contribution in [1.82, 2.24) is 9.55 Å². The van der Waals surface area contributed by atoms with Crippen LogP contribution in [0.15, 0.2) is 36.9 Å². The lowest BCUT2D eigenvalue weighted by Crippen LogP contribution is -2.27. The molecular weight excluding hydrogens is 250 g/mol. The average Bonchev–Trinajstić information content (AvgIpc) is 2.96. The SMILES string of the molecule is CS(=O)(=O)N1CCc2ccc(-n3ccnc3)cc21. The van der Waals surface area contributed by atoms with Gasteiger partial charge < -0.3 is 4.57 Å². The maximum atomic E-state index is 11.7. The molecule has 0 unspecified atom stereocenters. The summed E-state index contributed by atoms with van der Waals surface area (Å²) in [7, 11) is -3.19. The summed E-state index contributed by atoms with van der Waals surface area (Å²) >= 11 is 0. The molecule has 0 saturated carbocycles. The van der Waals surface area contributed by atoms with E-state index >= 15 is 0 Å². The van der Waals surface area contributed by atoms with Crippen LogP contribution in [-0.4, -0.2) is 30.8 Å². The first-order chi connectivity index (χ1) is 8.55. The van der Waals surface area contributed by atoms with Gasteiger partial charge in [-0.05, 0) is 24.1 Å². The maximum Gasteiger partial charge on any atom is 0.232 e. The number of imidazole rings is 1. The molecule has 0 spiro atoms. The summed E-state index contributed by atoms with van der Waals surface area (Å²) in [6, 6.07) is 5.85. The molecule has 3 rings (SSSR count). The molecule has 0 saturated heterocycles. The number of benzene rings is 1. The third-order valence-corrected chi connectivity index (χ3v) is 4.30. The second kappa shape index (κ2) is 3.84. The fraction of sp³-hybridized carbons (Fsp3) is 0.250. The Hall–Kier alpha value is -1.82. The van der Waals surface area contributed by atoms with E-state index in [0.717, 1.165) is 23.4 Å². The number of nitrogens with zero attached hydrogens (tertiary/aromatic N) is 3. The van der Waals surface area contributed by atoms with Crippen molar-refractivity contribution in [2.75, 3.05) is 17.1 Å². The lowest BCUT2D eigenvalue weighted by Gasteiger charge is -2.17. The molecular formula is C12H13N3O2S. The molecule has 1 aliphatic heterocycles. The highest BCUT2D eigenvalue weighted by Crippen LogP contribution is 2.31. The molecule has 0 N–H and O–H groups in total. The molecule has 0 bridgehead atoms. The van der Waals surface area contributed by atoms with Crippen LogP contribution < -0.4 is 4.31 Å². The van der Waals surface area contributed by atoms with Crippen molar-refractivity contribution in [3.8, 4) is 5.69 Å². The number of sulfonamides is 1. The van der Waals surface area contributed by atoms with Crippen molar-refractivity contribution < 1.29 is 8.42 Å². The van der Waals surface area contributed by atoms with Crippen molar-refractivity contribution in [2.45, 2.75) is 6.42 Å². The first-order valence-electron chi connectivity index (χ1n) is 5.65. The summed E-state index contributed by atoms with van der Waals surface area (Å²) in [5.41, 5.74) is 2.77. The van der Waals surface area contributed by atoms with Gasteiger partial charge in [0, 0.05) is 24.6 Å². The van der Waals surface area contributed by atoms with Gasteiger partial charge in [-0.1, -0.05) is 6.07 Å². The van der Waals surface area contributed by atoms with Gasteiger partial charge >= 0.3 is 0 Å². The third-order valence-electron chi connectivity index (χ3n) is 3.12. The second-order valence-corrected chi connectivity index (χ2v) is 6.27. The molecule has 2 aromatic rings. The van der Waals surface area contributed by atoms with E-state index in [1.165, 1.54) is 10.6 Å². The van der Waals surface area contributed by atoms with E-state index in [-0.39, 0.29) is 0 Å². The number of aromatic nitrogens is 2. The number of hydrogen-bond acceptors (Lipinski definition) is 3. The molecule has 18 heavy (non-hydrogen) atoms. The Balaban J connectivity index is 2.10. The molecule has 94 valence electrons. The molecule has 0 amide bonds. The topological polar surface area (TPSA) is 55.2 Å². The van der Waals surface area contributed by atoms with Gasteiger partial charge in [0.1, 0.15) is 0 Å². The summed E-state index contributed by atoms with van der Waals surface area (Å²) in [5.74, 6) is 0. The van der Waals surface area contributed by atoms with Crippen LogP contribution in [0.3, 0.4) is 0 Å². The number of fused-ring (bicyclic) bond motifs is 1. The van der Waals surface area contributed by atoms with Crippen LogP contribution >= 0.6 is 0 Å². The van der Waals surface area contributed by atoms with Crippen LogP contribution in [0.5, 0.6) is 0 Å². The van der Waals surface area contributed by atoms with E-state index in [1.54, 1.807) is 12.5 Å². The molecule has 0 atom stereocenters. The predicted octanol–water partition coefficient (Wildman–Crippen LogP) is 1.19. The normalized spacial score (nSPS) is 14.8. The monoisotopic (exact) mass is 263 g/mol. The van der Waals surface area contributed by atoms with Crippen molar-refractivity contribution in [3.63, 3.8) is 0 Å². The lowest BCUT2D eigenvalue weighted by atomic mass is 10.1. The fourth-order valence-electron chi connectivity index (χ4n) is 2.26. The fourth-order valence-corrected chi connectivity index (χ4v) is 3.21. The van der Waals surface area contributed by atoms with E-state index < -0.39 is 10.0 Å². The van der Waals surface area contributed by atoms with Gasteiger partial charge in [0.25, 0.3) is 0 Å². The average molecular weight is 263 g/mol. The van der Waals surface area contributed by atoms with E-state index in [4.69, 9.17) is 0 Å². The molecule has 2 heterocycles. The Kier molecular flexibility index (Phi) is 2.41. The smallest absolute Gasteiger partial charge is 0.232 e. The van der Waals surface area contributed by atoms with Crippen molar-refractivity contribution >= 4 is 15.7 Å². The highest BCUT2D eigenvalue weighted by molar-refractivity contribution is 7.92. The first-order valence-corrected chi connectivity index (χ1v) is 7.49. The van der Waals surface area contributed by atoms with Crippen LogP contribution in [0, 0.1) is 0 Å². The van der Waals surface area contributed by atoms with Crippen LogP contribution in [0.2, 0.25) is 0 Å². The third kappa shape index (κ3) is 1.78. The number of anilines is 1. The molecule has 1 aliphatic rings. The minimum absolute atomic E-state index is 0.529. The van der Waals surface area contributed by atoms with Crippen LogP contribution in [0.4, 0.5) is 5.69 Å². The van der Waals surface area contributed by atoms with E-state index in [2.05, 4.69) is 4.98 Å². The molecule has 1 aromatic heterocycles. The number of rotatable bonds is 2. The van der Waals surface area contributed by atoms with E-state index in [0.29, 0.717) is 6.54 Å². The van der Waals surface area contributed by atoms with Gasteiger partial charge in [-0.25, -0.2) is 13.4 Å². The first kappa shape index (κ1) is 11.3. The van der Waals surface area contributed by atoms with Crippen LogP contribution in [0.1, 0.15) is 5.56 Å². The molecule has 0 aliphatic carbocycles.